The van der Waals surface area contributed by atoms with Gasteiger partial charge in [-0.05, 0) is 31.0 Å². The second-order valence-electron chi connectivity index (χ2n) is 5.67. The molecule has 0 aromatic heterocycles. The molecule has 1 aromatic carbocycles. The van der Waals surface area contributed by atoms with Gasteiger partial charge in [-0.2, -0.15) is 0 Å². The van der Waals surface area contributed by atoms with Gasteiger partial charge in [-0.3, -0.25) is 9.59 Å². The maximum absolute atomic E-state index is 13.0. The first kappa shape index (κ1) is 14.7. The topological polar surface area (TPSA) is 49.4 Å². The van der Waals surface area contributed by atoms with Crippen LogP contribution in [0.3, 0.4) is 0 Å². The summed E-state index contributed by atoms with van der Waals surface area (Å²) in [6.45, 7) is 0.350. The van der Waals surface area contributed by atoms with E-state index in [1.165, 1.54) is 0 Å². The summed E-state index contributed by atoms with van der Waals surface area (Å²) in [5.41, 5.74) is -0.0946. The molecule has 6 heteroatoms. The smallest absolute Gasteiger partial charge is 0.252 e. The molecular formula is C15H16Cl2N2O2. The molecule has 2 amide bonds. The Labute approximate surface area is 133 Å². The normalized spacial score (nSPS) is 21.5. The van der Waals surface area contributed by atoms with E-state index in [9.17, 15) is 9.59 Å². The Morgan fingerprint density at radius 3 is 2.29 bits per heavy atom. The molecule has 2 fully saturated rings. The third-order valence-corrected chi connectivity index (χ3v) is 4.65. The van der Waals surface area contributed by atoms with E-state index in [0.717, 1.165) is 12.8 Å². The molecule has 112 valence electrons. The number of carbonyl (C=O) groups excluding carboxylic acids is 2. The van der Waals surface area contributed by atoms with Crippen LogP contribution in [0.25, 0.3) is 0 Å². The van der Waals surface area contributed by atoms with Gasteiger partial charge in [0.1, 0.15) is 5.54 Å². The van der Waals surface area contributed by atoms with Crippen molar-refractivity contribution in [1.82, 2.24) is 5.32 Å². The van der Waals surface area contributed by atoms with Crippen molar-refractivity contribution in [3.8, 4) is 0 Å². The molecule has 1 aromatic rings. The number of nitrogens with one attached hydrogen (secondary N) is 1. The highest BCUT2D eigenvalue weighted by Crippen LogP contribution is 2.35. The minimum absolute atomic E-state index is 0.0517. The number of hydrogen-bond acceptors (Lipinski definition) is 2. The van der Waals surface area contributed by atoms with E-state index in [-0.39, 0.29) is 18.2 Å². The molecule has 2 aliphatic rings. The molecule has 1 aliphatic heterocycles. The van der Waals surface area contributed by atoms with Crippen LogP contribution < -0.4 is 10.2 Å². The number of carbonyl (C=O) groups is 2. The summed E-state index contributed by atoms with van der Waals surface area (Å²) < 4.78 is 0. The van der Waals surface area contributed by atoms with E-state index in [2.05, 4.69) is 5.32 Å². The lowest BCUT2D eigenvalue weighted by atomic mass is 9.95. The molecule has 0 bridgehead atoms. The second kappa shape index (κ2) is 5.50. The quantitative estimate of drug-likeness (QED) is 0.861. The van der Waals surface area contributed by atoms with Crippen molar-refractivity contribution in [1.29, 1.82) is 0 Å². The van der Waals surface area contributed by atoms with Crippen molar-refractivity contribution >= 4 is 40.7 Å². The molecule has 3 rings (SSSR count). The summed E-state index contributed by atoms with van der Waals surface area (Å²) in [7, 11) is 0. The Kier molecular flexibility index (Phi) is 3.84. The van der Waals surface area contributed by atoms with Crippen LogP contribution in [0.1, 0.15) is 32.1 Å². The fraction of sp³-hybridized carbons (Fsp3) is 0.467. The molecule has 1 heterocycles. The van der Waals surface area contributed by atoms with Crippen LogP contribution in [0, 0.1) is 0 Å². The molecule has 0 atom stereocenters. The van der Waals surface area contributed by atoms with E-state index >= 15 is 0 Å². The van der Waals surface area contributed by atoms with Crippen LogP contribution in [0.5, 0.6) is 0 Å². The number of anilines is 1. The Bertz CT molecular complexity index is 577. The summed E-state index contributed by atoms with van der Waals surface area (Å²) in [5, 5.41) is 3.90. The lowest BCUT2D eigenvalue weighted by Crippen LogP contribution is -2.55. The zero-order chi connectivity index (χ0) is 15.0. The fourth-order valence-corrected chi connectivity index (χ4v) is 3.73. The second-order valence-corrected chi connectivity index (χ2v) is 6.54. The van der Waals surface area contributed by atoms with E-state index in [4.69, 9.17) is 23.2 Å². The van der Waals surface area contributed by atoms with Gasteiger partial charge >= 0.3 is 0 Å². The van der Waals surface area contributed by atoms with Gasteiger partial charge in [-0.15, -0.1) is 0 Å². The number of halogens is 2. The Morgan fingerprint density at radius 1 is 1.05 bits per heavy atom. The summed E-state index contributed by atoms with van der Waals surface area (Å²) >= 11 is 12.1. The standard InChI is InChI=1S/C15H16Cl2N2O2/c16-10-7-11(17)9-12(8-10)19-6-3-13(20)18-15(14(19)21)4-1-2-5-15/h7-9H,1-6H2,(H,18,20). The average Bonchev–Trinajstić information content (AvgIpc) is 2.82. The Hall–Kier alpha value is -1.26. The maximum atomic E-state index is 13.0. The SMILES string of the molecule is O=C1CCN(c2cc(Cl)cc(Cl)c2)C(=O)C2(CCCC2)N1. The number of rotatable bonds is 1. The first-order valence-electron chi connectivity index (χ1n) is 7.09. The van der Waals surface area contributed by atoms with E-state index in [0.29, 0.717) is 35.1 Å². The van der Waals surface area contributed by atoms with E-state index < -0.39 is 5.54 Å². The first-order chi connectivity index (χ1) is 10.00. The first-order valence-corrected chi connectivity index (χ1v) is 7.85. The van der Waals surface area contributed by atoms with Crippen LogP contribution in [0.4, 0.5) is 5.69 Å². The van der Waals surface area contributed by atoms with Gasteiger partial charge in [0, 0.05) is 28.7 Å². The van der Waals surface area contributed by atoms with Gasteiger partial charge in [0.2, 0.25) is 5.91 Å². The fourth-order valence-electron chi connectivity index (χ4n) is 3.21. The van der Waals surface area contributed by atoms with Crippen molar-refractivity contribution < 1.29 is 9.59 Å². The molecular weight excluding hydrogens is 311 g/mol. The molecule has 21 heavy (non-hydrogen) atoms. The van der Waals surface area contributed by atoms with Gasteiger partial charge in [0.25, 0.3) is 5.91 Å². The molecule has 4 nitrogen and oxygen atoms in total. The average molecular weight is 327 g/mol. The minimum atomic E-state index is -0.748. The van der Waals surface area contributed by atoms with Crippen LogP contribution >= 0.6 is 23.2 Å². The minimum Gasteiger partial charge on any atom is -0.342 e. The lowest BCUT2D eigenvalue weighted by molar-refractivity contribution is -0.129. The van der Waals surface area contributed by atoms with Crippen LogP contribution in [0.15, 0.2) is 18.2 Å². The van der Waals surface area contributed by atoms with Crippen LogP contribution in [-0.2, 0) is 9.59 Å². The molecule has 1 aliphatic carbocycles. The zero-order valence-electron chi connectivity index (χ0n) is 11.5. The maximum Gasteiger partial charge on any atom is 0.252 e. The molecule has 1 N–H and O–H groups in total. The lowest BCUT2D eigenvalue weighted by Gasteiger charge is -2.32. The van der Waals surface area contributed by atoms with Gasteiger partial charge in [-0.25, -0.2) is 0 Å². The summed E-state index contributed by atoms with van der Waals surface area (Å²) in [5.74, 6) is -0.120. The van der Waals surface area contributed by atoms with E-state index in [1.807, 2.05) is 0 Å². The van der Waals surface area contributed by atoms with Crippen molar-refractivity contribution in [2.75, 3.05) is 11.4 Å². The highest BCUT2D eigenvalue weighted by Gasteiger charge is 2.46. The molecule has 1 saturated carbocycles. The number of benzene rings is 1. The van der Waals surface area contributed by atoms with Crippen LogP contribution in [0.2, 0.25) is 10.0 Å². The van der Waals surface area contributed by atoms with Crippen molar-refractivity contribution in [2.24, 2.45) is 0 Å². The summed E-state index contributed by atoms with van der Waals surface area (Å²) in [4.78, 5) is 26.6. The predicted octanol–water partition coefficient (Wildman–Crippen LogP) is 3.16. The van der Waals surface area contributed by atoms with Gasteiger partial charge in [0.15, 0.2) is 0 Å². The third kappa shape index (κ3) is 2.74. The van der Waals surface area contributed by atoms with Gasteiger partial charge < -0.3 is 10.2 Å². The van der Waals surface area contributed by atoms with Crippen molar-refractivity contribution in [3.05, 3.63) is 28.2 Å². The monoisotopic (exact) mass is 326 g/mol. The van der Waals surface area contributed by atoms with Gasteiger partial charge in [-0.1, -0.05) is 36.0 Å². The largest absolute Gasteiger partial charge is 0.342 e. The van der Waals surface area contributed by atoms with E-state index in [1.54, 1.807) is 23.1 Å². The molecule has 1 spiro atoms. The zero-order valence-corrected chi connectivity index (χ0v) is 13.0. The third-order valence-electron chi connectivity index (χ3n) is 4.21. The Morgan fingerprint density at radius 2 is 1.67 bits per heavy atom. The molecule has 0 unspecified atom stereocenters. The van der Waals surface area contributed by atoms with Crippen molar-refractivity contribution in [3.63, 3.8) is 0 Å². The predicted molar refractivity (Wildman–Crippen MR) is 82.8 cm³/mol. The molecule has 0 radical (unpaired) electrons. The summed E-state index contributed by atoms with van der Waals surface area (Å²) in [6.07, 6.45) is 3.59. The summed E-state index contributed by atoms with van der Waals surface area (Å²) in [6, 6.07) is 5.05. The number of hydrogen-bond donors (Lipinski definition) is 1. The number of nitrogens with zero attached hydrogens (tertiary/aromatic N) is 1. The molecule has 1 saturated heterocycles. The highest BCUT2D eigenvalue weighted by molar-refractivity contribution is 6.35. The Balaban J connectivity index is 2.00. The van der Waals surface area contributed by atoms with Crippen LogP contribution in [-0.4, -0.2) is 23.9 Å². The van der Waals surface area contributed by atoms with Crippen molar-refractivity contribution in [2.45, 2.75) is 37.6 Å². The number of amides is 2. The van der Waals surface area contributed by atoms with Gasteiger partial charge in [0.05, 0.1) is 0 Å². The highest BCUT2D eigenvalue weighted by atomic mass is 35.5.